The molecule has 0 aromatic carbocycles. The quantitative estimate of drug-likeness (QED) is 0.846. The van der Waals surface area contributed by atoms with Crippen molar-refractivity contribution in [3.63, 3.8) is 0 Å². The zero-order valence-electron chi connectivity index (χ0n) is 10.5. The SMILES string of the molecule is CN(C)CC(=O)Nc1ncc(C(C)(C)C)o1. The summed E-state index contributed by atoms with van der Waals surface area (Å²) in [5.74, 6) is 0.625. The van der Waals surface area contributed by atoms with Crippen molar-refractivity contribution in [1.82, 2.24) is 9.88 Å². The molecule has 1 N–H and O–H groups in total. The Labute approximate surface area is 95.8 Å². The minimum Gasteiger partial charge on any atom is -0.428 e. The van der Waals surface area contributed by atoms with Crippen molar-refractivity contribution in [2.45, 2.75) is 26.2 Å². The normalized spacial score (nSPS) is 11.9. The Balaban J connectivity index is 2.62. The maximum atomic E-state index is 11.4. The first-order valence-corrected chi connectivity index (χ1v) is 5.20. The number of hydrogen-bond donors (Lipinski definition) is 1. The molecule has 1 heterocycles. The molecule has 0 saturated heterocycles. The molecule has 5 nitrogen and oxygen atoms in total. The lowest BCUT2D eigenvalue weighted by Crippen LogP contribution is -2.27. The molecule has 1 aromatic heterocycles. The van der Waals surface area contributed by atoms with Gasteiger partial charge in [0.05, 0.1) is 12.7 Å². The van der Waals surface area contributed by atoms with Gasteiger partial charge < -0.3 is 9.32 Å². The van der Waals surface area contributed by atoms with Crippen molar-refractivity contribution in [2.24, 2.45) is 0 Å². The molecule has 0 bridgehead atoms. The van der Waals surface area contributed by atoms with E-state index in [0.717, 1.165) is 5.76 Å². The van der Waals surface area contributed by atoms with Crippen molar-refractivity contribution >= 4 is 11.9 Å². The standard InChI is InChI=1S/C11H19N3O2/c1-11(2,3)8-6-12-10(16-8)13-9(15)7-14(4)5/h6H,7H2,1-5H3,(H,12,13,15). The van der Waals surface area contributed by atoms with Crippen molar-refractivity contribution in [3.8, 4) is 0 Å². The Morgan fingerprint density at radius 2 is 2.12 bits per heavy atom. The minimum absolute atomic E-state index is 0.0997. The van der Waals surface area contributed by atoms with E-state index in [9.17, 15) is 4.79 Å². The van der Waals surface area contributed by atoms with E-state index in [2.05, 4.69) is 10.3 Å². The monoisotopic (exact) mass is 225 g/mol. The van der Waals surface area contributed by atoms with E-state index >= 15 is 0 Å². The fourth-order valence-corrected chi connectivity index (χ4v) is 1.12. The maximum Gasteiger partial charge on any atom is 0.301 e. The predicted octanol–water partition coefficient (Wildman–Crippen LogP) is 1.47. The van der Waals surface area contributed by atoms with Crippen LogP contribution in [0.1, 0.15) is 26.5 Å². The zero-order chi connectivity index (χ0) is 12.3. The number of rotatable bonds is 3. The van der Waals surface area contributed by atoms with Crippen LogP contribution in [-0.4, -0.2) is 36.4 Å². The Kier molecular flexibility index (Phi) is 3.70. The highest BCUT2D eigenvalue weighted by Crippen LogP contribution is 2.24. The van der Waals surface area contributed by atoms with Crippen molar-refractivity contribution in [2.75, 3.05) is 26.0 Å². The summed E-state index contributed by atoms with van der Waals surface area (Å²) in [6.45, 7) is 6.39. The molecule has 1 aromatic rings. The van der Waals surface area contributed by atoms with Gasteiger partial charge in [0, 0.05) is 5.41 Å². The number of carbonyl (C=O) groups is 1. The summed E-state index contributed by atoms with van der Waals surface area (Å²) in [6.07, 6.45) is 1.64. The third-order valence-electron chi connectivity index (χ3n) is 1.95. The summed E-state index contributed by atoms with van der Waals surface area (Å²) in [7, 11) is 3.66. The van der Waals surface area contributed by atoms with E-state index in [1.165, 1.54) is 0 Å². The molecule has 0 spiro atoms. The molecule has 0 fully saturated rings. The maximum absolute atomic E-state index is 11.4. The molecular formula is C11H19N3O2. The van der Waals surface area contributed by atoms with E-state index in [1.807, 2.05) is 34.9 Å². The Bertz CT molecular complexity index is 364. The third-order valence-corrected chi connectivity index (χ3v) is 1.95. The summed E-state index contributed by atoms with van der Waals surface area (Å²) in [6, 6.07) is 0.261. The average molecular weight is 225 g/mol. The van der Waals surface area contributed by atoms with E-state index in [0.29, 0.717) is 6.54 Å². The van der Waals surface area contributed by atoms with Gasteiger partial charge in [-0.15, -0.1) is 0 Å². The fourth-order valence-electron chi connectivity index (χ4n) is 1.12. The number of anilines is 1. The first-order valence-electron chi connectivity index (χ1n) is 5.20. The number of nitrogens with zero attached hydrogens (tertiary/aromatic N) is 2. The number of aromatic nitrogens is 1. The van der Waals surface area contributed by atoms with Gasteiger partial charge in [0.15, 0.2) is 0 Å². The minimum atomic E-state index is -0.132. The Morgan fingerprint density at radius 1 is 1.50 bits per heavy atom. The Morgan fingerprint density at radius 3 is 2.56 bits per heavy atom. The molecule has 1 rings (SSSR count). The second-order valence-electron chi connectivity index (χ2n) is 5.07. The van der Waals surface area contributed by atoms with E-state index in [-0.39, 0.29) is 17.3 Å². The van der Waals surface area contributed by atoms with Gasteiger partial charge in [-0.1, -0.05) is 20.8 Å². The molecule has 0 aliphatic rings. The summed E-state index contributed by atoms with van der Waals surface area (Å²) in [5, 5.41) is 2.61. The summed E-state index contributed by atoms with van der Waals surface area (Å²) in [4.78, 5) is 17.2. The van der Waals surface area contributed by atoms with Crippen LogP contribution in [0, 0.1) is 0 Å². The van der Waals surface area contributed by atoms with Crippen LogP contribution in [0.4, 0.5) is 6.01 Å². The van der Waals surface area contributed by atoms with Crippen LogP contribution in [0.3, 0.4) is 0 Å². The van der Waals surface area contributed by atoms with Crippen molar-refractivity contribution < 1.29 is 9.21 Å². The molecule has 0 aliphatic heterocycles. The van der Waals surface area contributed by atoms with Crippen LogP contribution < -0.4 is 5.32 Å². The molecule has 0 atom stereocenters. The zero-order valence-corrected chi connectivity index (χ0v) is 10.5. The molecule has 0 unspecified atom stereocenters. The summed E-state index contributed by atoms with van der Waals surface area (Å²) >= 11 is 0. The smallest absolute Gasteiger partial charge is 0.301 e. The van der Waals surface area contributed by atoms with Crippen LogP contribution in [0.5, 0.6) is 0 Å². The number of likely N-dealkylation sites (N-methyl/N-ethyl adjacent to an activating group) is 1. The third kappa shape index (κ3) is 3.66. The largest absolute Gasteiger partial charge is 0.428 e. The average Bonchev–Trinajstić information content (AvgIpc) is 2.49. The fraction of sp³-hybridized carbons (Fsp3) is 0.636. The molecule has 0 aliphatic carbocycles. The van der Waals surface area contributed by atoms with Gasteiger partial charge in [-0.2, -0.15) is 0 Å². The lowest BCUT2D eigenvalue weighted by Gasteiger charge is -2.13. The topological polar surface area (TPSA) is 58.4 Å². The number of oxazole rings is 1. The first-order chi connectivity index (χ1) is 7.29. The first kappa shape index (κ1) is 12.7. The highest BCUT2D eigenvalue weighted by molar-refractivity contribution is 5.90. The van der Waals surface area contributed by atoms with Crippen molar-refractivity contribution in [3.05, 3.63) is 12.0 Å². The second-order valence-corrected chi connectivity index (χ2v) is 5.07. The van der Waals surface area contributed by atoms with Gasteiger partial charge in [-0.3, -0.25) is 10.1 Å². The lowest BCUT2D eigenvalue weighted by atomic mass is 9.94. The molecule has 90 valence electrons. The molecule has 1 amide bonds. The summed E-state index contributed by atoms with van der Waals surface area (Å²) in [5.41, 5.74) is -0.0997. The van der Waals surface area contributed by atoms with Gasteiger partial charge in [0.1, 0.15) is 5.76 Å². The number of amides is 1. The van der Waals surface area contributed by atoms with E-state index < -0.39 is 0 Å². The second kappa shape index (κ2) is 4.65. The van der Waals surface area contributed by atoms with Crippen LogP contribution in [0.2, 0.25) is 0 Å². The van der Waals surface area contributed by atoms with Gasteiger partial charge in [-0.25, -0.2) is 4.98 Å². The van der Waals surface area contributed by atoms with Crippen LogP contribution >= 0.6 is 0 Å². The Hall–Kier alpha value is -1.36. The predicted molar refractivity (Wildman–Crippen MR) is 62.4 cm³/mol. The number of hydrogen-bond acceptors (Lipinski definition) is 4. The van der Waals surface area contributed by atoms with Gasteiger partial charge >= 0.3 is 6.01 Å². The van der Waals surface area contributed by atoms with E-state index in [4.69, 9.17) is 4.42 Å². The molecule has 5 heteroatoms. The van der Waals surface area contributed by atoms with Gasteiger partial charge in [0.25, 0.3) is 0 Å². The highest BCUT2D eigenvalue weighted by Gasteiger charge is 2.19. The van der Waals surface area contributed by atoms with Gasteiger partial charge in [-0.05, 0) is 14.1 Å². The molecule has 0 saturated carbocycles. The van der Waals surface area contributed by atoms with E-state index in [1.54, 1.807) is 11.1 Å². The molecule has 0 radical (unpaired) electrons. The highest BCUT2D eigenvalue weighted by atomic mass is 16.4. The van der Waals surface area contributed by atoms with Crippen LogP contribution in [-0.2, 0) is 10.2 Å². The number of nitrogens with one attached hydrogen (secondary N) is 1. The summed E-state index contributed by atoms with van der Waals surface area (Å²) < 4.78 is 5.44. The molecular weight excluding hydrogens is 206 g/mol. The lowest BCUT2D eigenvalue weighted by molar-refractivity contribution is -0.116. The van der Waals surface area contributed by atoms with Crippen LogP contribution in [0.25, 0.3) is 0 Å². The van der Waals surface area contributed by atoms with Crippen molar-refractivity contribution in [1.29, 1.82) is 0 Å². The van der Waals surface area contributed by atoms with Gasteiger partial charge in [0.2, 0.25) is 5.91 Å². The van der Waals surface area contributed by atoms with Crippen LogP contribution in [0.15, 0.2) is 10.6 Å². The number of carbonyl (C=O) groups excluding carboxylic acids is 1. The molecule has 16 heavy (non-hydrogen) atoms.